The lowest BCUT2D eigenvalue weighted by Gasteiger charge is -2.39. The third-order valence-electron chi connectivity index (χ3n) is 5.41. The van der Waals surface area contributed by atoms with Crippen LogP contribution in [0.5, 0.6) is 0 Å². The first-order valence-electron chi connectivity index (χ1n) is 9.67. The molecule has 0 radical (unpaired) electrons. The molecular weight excluding hydrogens is 325 g/mol. The summed E-state index contributed by atoms with van der Waals surface area (Å²) in [6.07, 6.45) is 3.18. The maximum absolute atomic E-state index is 13.4. The van der Waals surface area contributed by atoms with Crippen molar-refractivity contribution in [1.29, 1.82) is 0 Å². The van der Waals surface area contributed by atoms with Gasteiger partial charge in [0.05, 0.1) is 5.60 Å². The fraction of sp³-hybridized carbons (Fsp3) is 0.478. The summed E-state index contributed by atoms with van der Waals surface area (Å²) >= 11 is 0. The fourth-order valence-electron chi connectivity index (χ4n) is 4.09. The van der Waals surface area contributed by atoms with E-state index in [1.54, 1.807) is 12.1 Å². The molecule has 2 aromatic carbocycles. The predicted octanol–water partition coefficient (Wildman–Crippen LogP) is 5.29. The van der Waals surface area contributed by atoms with E-state index in [0.717, 1.165) is 39.0 Å². The van der Waals surface area contributed by atoms with Gasteiger partial charge in [-0.15, -0.1) is 0 Å². The third-order valence-corrected chi connectivity index (χ3v) is 5.41. The molecule has 2 aromatic rings. The molecule has 0 amide bonds. The van der Waals surface area contributed by atoms with Gasteiger partial charge in [0, 0.05) is 13.2 Å². The molecule has 0 saturated carbocycles. The lowest BCUT2D eigenvalue weighted by Crippen LogP contribution is -2.36. The highest BCUT2D eigenvalue weighted by atomic mass is 19.1. The molecule has 0 aliphatic carbocycles. The fourth-order valence-corrected chi connectivity index (χ4v) is 4.09. The van der Waals surface area contributed by atoms with Gasteiger partial charge >= 0.3 is 0 Å². The number of hydrogen-bond donors (Lipinski definition) is 1. The van der Waals surface area contributed by atoms with Gasteiger partial charge in [0.25, 0.3) is 0 Å². The van der Waals surface area contributed by atoms with Crippen LogP contribution < -0.4 is 5.32 Å². The smallest absolute Gasteiger partial charge is 0.123 e. The predicted molar refractivity (Wildman–Crippen MR) is 105 cm³/mol. The zero-order valence-corrected chi connectivity index (χ0v) is 15.9. The topological polar surface area (TPSA) is 21.3 Å². The Bertz CT molecular complexity index is 668. The van der Waals surface area contributed by atoms with Crippen LogP contribution in [0.1, 0.15) is 50.2 Å². The molecule has 0 bridgehead atoms. The second-order valence-corrected chi connectivity index (χ2v) is 7.97. The van der Waals surface area contributed by atoms with Crippen molar-refractivity contribution < 1.29 is 9.13 Å². The highest BCUT2D eigenvalue weighted by molar-refractivity contribution is 5.22. The lowest BCUT2D eigenvalue weighted by atomic mass is 9.75. The molecule has 0 aromatic heterocycles. The second kappa shape index (κ2) is 8.79. The molecule has 2 atom stereocenters. The Kier molecular flexibility index (Phi) is 6.44. The highest BCUT2D eigenvalue weighted by Crippen LogP contribution is 2.39. The van der Waals surface area contributed by atoms with Gasteiger partial charge in [-0.25, -0.2) is 4.39 Å². The lowest BCUT2D eigenvalue weighted by molar-refractivity contribution is -0.0771. The van der Waals surface area contributed by atoms with Crippen LogP contribution in [-0.2, 0) is 11.3 Å². The molecule has 1 aliphatic heterocycles. The molecule has 1 heterocycles. The first-order valence-corrected chi connectivity index (χ1v) is 9.67. The minimum atomic E-state index is -0.165. The molecule has 140 valence electrons. The van der Waals surface area contributed by atoms with E-state index >= 15 is 0 Å². The molecule has 0 spiro atoms. The maximum Gasteiger partial charge on any atom is 0.123 e. The summed E-state index contributed by atoms with van der Waals surface area (Å²) in [7, 11) is 0. The Morgan fingerprint density at radius 2 is 1.85 bits per heavy atom. The molecule has 1 aliphatic rings. The summed E-state index contributed by atoms with van der Waals surface area (Å²) in [5, 5.41) is 3.57. The van der Waals surface area contributed by atoms with Crippen molar-refractivity contribution in [3.63, 3.8) is 0 Å². The van der Waals surface area contributed by atoms with Crippen LogP contribution in [-0.4, -0.2) is 18.8 Å². The Hall–Kier alpha value is -1.71. The zero-order valence-electron chi connectivity index (χ0n) is 15.9. The monoisotopic (exact) mass is 355 g/mol. The van der Waals surface area contributed by atoms with Crippen LogP contribution >= 0.6 is 0 Å². The van der Waals surface area contributed by atoms with Crippen LogP contribution in [0.2, 0.25) is 0 Å². The van der Waals surface area contributed by atoms with E-state index in [4.69, 9.17) is 4.74 Å². The molecule has 1 saturated heterocycles. The van der Waals surface area contributed by atoms with Crippen molar-refractivity contribution in [1.82, 2.24) is 5.32 Å². The summed E-state index contributed by atoms with van der Waals surface area (Å²) in [6.45, 7) is 7.00. The summed E-state index contributed by atoms with van der Waals surface area (Å²) in [5.41, 5.74) is 2.48. The average Bonchev–Trinajstić information content (AvgIpc) is 2.63. The average molecular weight is 355 g/mol. The maximum atomic E-state index is 13.4. The van der Waals surface area contributed by atoms with Crippen LogP contribution in [0, 0.1) is 11.7 Å². The molecule has 2 nitrogen and oxygen atoms in total. The first-order chi connectivity index (χ1) is 12.5. The van der Waals surface area contributed by atoms with Crippen LogP contribution in [0.4, 0.5) is 4.39 Å². The third kappa shape index (κ3) is 5.39. The van der Waals surface area contributed by atoms with Crippen molar-refractivity contribution in [3.8, 4) is 0 Å². The second-order valence-electron chi connectivity index (χ2n) is 7.97. The molecular formula is C23H30FNO. The van der Waals surface area contributed by atoms with Gasteiger partial charge in [0.1, 0.15) is 5.82 Å². The van der Waals surface area contributed by atoms with Crippen LogP contribution in [0.25, 0.3) is 0 Å². The summed E-state index contributed by atoms with van der Waals surface area (Å²) in [4.78, 5) is 0. The van der Waals surface area contributed by atoms with Crippen LogP contribution in [0.15, 0.2) is 54.6 Å². The standard InChI is InChI=1S/C23H30FNO/c1-23(2)16-20(13-15-26-23)22(19-8-10-21(24)11-9-19)12-14-25-17-18-6-4-3-5-7-18/h3-11,20,22,25H,12-17H2,1-2H3/t20-,22-/m0/s1. The van der Waals surface area contributed by atoms with Gasteiger partial charge < -0.3 is 10.1 Å². The number of ether oxygens (including phenoxy) is 1. The molecule has 3 rings (SSSR count). The van der Waals surface area contributed by atoms with Gasteiger partial charge in [-0.1, -0.05) is 42.5 Å². The first kappa shape index (κ1) is 19.1. The Morgan fingerprint density at radius 3 is 2.54 bits per heavy atom. The van der Waals surface area contributed by atoms with Crippen molar-refractivity contribution in [2.24, 2.45) is 5.92 Å². The van der Waals surface area contributed by atoms with E-state index in [2.05, 4.69) is 43.4 Å². The summed E-state index contributed by atoms with van der Waals surface area (Å²) in [5.74, 6) is 0.840. The van der Waals surface area contributed by atoms with Gasteiger partial charge in [-0.3, -0.25) is 0 Å². The van der Waals surface area contributed by atoms with E-state index in [-0.39, 0.29) is 11.4 Å². The minimum absolute atomic E-state index is 0.0708. The number of halogens is 1. The number of hydrogen-bond acceptors (Lipinski definition) is 2. The number of nitrogens with one attached hydrogen (secondary N) is 1. The molecule has 0 unspecified atom stereocenters. The van der Waals surface area contributed by atoms with E-state index in [9.17, 15) is 4.39 Å². The van der Waals surface area contributed by atoms with Crippen molar-refractivity contribution in [3.05, 3.63) is 71.5 Å². The molecule has 1 fully saturated rings. The van der Waals surface area contributed by atoms with E-state index in [1.165, 1.54) is 11.1 Å². The van der Waals surface area contributed by atoms with Gasteiger partial charge in [-0.05, 0) is 74.8 Å². The van der Waals surface area contributed by atoms with Gasteiger partial charge in [-0.2, -0.15) is 0 Å². The molecule has 1 N–H and O–H groups in total. The number of benzene rings is 2. The largest absolute Gasteiger partial charge is 0.376 e. The number of rotatable bonds is 7. The van der Waals surface area contributed by atoms with E-state index < -0.39 is 0 Å². The molecule has 26 heavy (non-hydrogen) atoms. The van der Waals surface area contributed by atoms with Crippen molar-refractivity contribution in [2.75, 3.05) is 13.2 Å². The summed E-state index contributed by atoms with van der Waals surface area (Å²) in [6, 6.07) is 17.6. The normalized spacial score (nSPS) is 20.7. The van der Waals surface area contributed by atoms with Crippen LogP contribution in [0.3, 0.4) is 0 Å². The zero-order chi connectivity index (χ0) is 18.4. The van der Waals surface area contributed by atoms with E-state index in [0.29, 0.717) is 11.8 Å². The van der Waals surface area contributed by atoms with Crippen molar-refractivity contribution in [2.45, 2.75) is 51.2 Å². The van der Waals surface area contributed by atoms with Crippen molar-refractivity contribution >= 4 is 0 Å². The SMILES string of the molecule is CC1(C)C[C@@H]([C@@H](CCNCc2ccccc2)c2ccc(F)cc2)CCO1. The Balaban J connectivity index is 1.63. The molecule has 3 heteroatoms. The summed E-state index contributed by atoms with van der Waals surface area (Å²) < 4.78 is 19.3. The van der Waals surface area contributed by atoms with E-state index in [1.807, 2.05) is 18.2 Å². The van der Waals surface area contributed by atoms with Gasteiger partial charge in [0.2, 0.25) is 0 Å². The Labute approximate surface area is 156 Å². The highest BCUT2D eigenvalue weighted by Gasteiger charge is 2.33. The minimum Gasteiger partial charge on any atom is -0.376 e. The Morgan fingerprint density at radius 1 is 1.12 bits per heavy atom. The van der Waals surface area contributed by atoms with Gasteiger partial charge in [0.15, 0.2) is 0 Å². The quantitative estimate of drug-likeness (QED) is 0.681.